The number of aryl methyl sites for hydroxylation is 1. The van der Waals surface area contributed by atoms with Crippen molar-refractivity contribution < 1.29 is 8.78 Å². The summed E-state index contributed by atoms with van der Waals surface area (Å²) in [5, 5.41) is 6.92. The molecule has 1 aromatic heterocycles. The van der Waals surface area contributed by atoms with E-state index in [0.29, 0.717) is 6.54 Å². The Morgan fingerprint density at radius 1 is 1.41 bits per heavy atom. The molecule has 2 rings (SSSR count). The van der Waals surface area contributed by atoms with Crippen LogP contribution in [0.3, 0.4) is 0 Å². The van der Waals surface area contributed by atoms with Gasteiger partial charge in [-0.1, -0.05) is 11.6 Å². The molecule has 0 aliphatic heterocycles. The van der Waals surface area contributed by atoms with Gasteiger partial charge in [0.15, 0.2) is 5.82 Å². The van der Waals surface area contributed by atoms with Gasteiger partial charge in [-0.05, 0) is 12.1 Å². The van der Waals surface area contributed by atoms with Gasteiger partial charge in [-0.15, -0.1) is 0 Å². The molecule has 0 aliphatic carbocycles. The van der Waals surface area contributed by atoms with E-state index in [4.69, 9.17) is 11.6 Å². The van der Waals surface area contributed by atoms with Crippen molar-refractivity contribution in [1.82, 2.24) is 9.78 Å². The Bertz CT molecular complexity index is 516. The van der Waals surface area contributed by atoms with Gasteiger partial charge in [0.25, 0.3) is 0 Å². The van der Waals surface area contributed by atoms with Crippen LogP contribution in [0.15, 0.2) is 24.4 Å². The quantitative estimate of drug-likeness (QED) is 0.916. The van der Waals surface area contributed by atoms with Crippen LogP contribution in [0, 0.1) is 11.6 Å². The molecule has 0 spiro atoms. The molecule has 3 nitrogen and oxygen atoms in total. The lowest BCUT2D eigenvalue weighted by atomic mass is 10.3. The van der Waals surface area contributed by atoms with E-state index in [0.717, 1.165) is 17.8 Å². The number of rotatable bonds is 3. The molecule has 6 heteroatoms. The highest BCUT2D eigenvalue weighted by atomic mass is 35.5. The van der Waals surface area contributed by atoms with E-state index in [1.54, 1.807) is 24.0 Å². The third-order valence-electron chi connectivity index (χ3n) is 2.22. The molecule has 1 heterocycles. The molecule has 0 saturated heterocycles. The number of halogens is 3. The van der Waals surface area contributed by atoms with Crippen molar-refractivity contribution in [2.75, 3.05) is 5.32 Å². The van der Waals surface area contributed by atoms with E-state index in [-0.39, 0.29) is 10.7 Å². The maximum absolute atomic E-state index is 13.4. The van der Waals surface area contributed by atoms with Crippen molar-refractivity contribution in [2.24, 2.45) is 7.05 Å². The summed E-state index contributed by atoms with van der Waals surface area (Å²) in [6.45, 7) is 0.323. The first-order valence-corrected chi connectivity index (χ1v) is 5.31. The Kier molecular flexibility index (Phi) is 3.28. The van der Waals surface area contributed by atoms with Crippen molar-refractivity contribution in [3.63, 3.8) is 0 Å². The molecule has 0 aliphatic rings. The number of anilines is 1. The summed E-state index contributed by atoms with van der Waals surface area (Å²) in [5.41, 5.74) is 0.825. The van der Waals surface area contributed by atoms with Crippen molar-refractivity contribution in [3.05, 3.63) is 46.7 Å². The number of nitrogens with zero attached hydrogens (tertiary/aromatic N) is 2. The van der Waals surface area contributed by atoms with Crippen LogP contribution in [0.1, 0.15) is 5.69 Å². The standard InChI is InChI=1S/C11H10ClF2N3/c1-17-3-2-8(16-17)6-15-11-9(12)4-7(13)5-10(11)14/h2-5,15H,6H2,1H3. The van der Waals surface area contributed by atoms with Crippen LogP contribution in [-0.2, 0) is 13.6 Å². The maximum atomic E-state index is 13.4. The Morgan fingerprint density at radius 3 is 2.76 bits per heavy atom. The van der Waals surface area contributed by atoms with Gasteiger partial charge in [0.2, 0.25) is 0 Å². The van der Waals surface area contributed by atoms with E-state index in [2.05, 4.69) is 10.4 Å². The third kappa shape index (κ3) is 2.74. The second-order valence-electron chi connectivity index (χ2n) is 3.58. The van der Waals surface area contributed by atoms with Crippen LogP contribution < -0.4 is 5.32 Å². The lowest BCUT2D eigenvalue weighted by Gasteiger charge is -2.08. The number of aromatic nitrogens is 2. The highest BCUT2D eigenvalue weighted by molar-refractivity contribution is 6.33. The highest BCUT2D eigenvalue weighted by Crippen LogP contribution is 2.26. The minimum Gasteiger partial charge on any atom is -0.376 e. The molecule has 90 valence electrons. The molecule has 0 radical (unpaired) electrons. The monoisotopic (exact) mass is 257 g/mol. The topological polar surface area (TPSA) is 29.9 Å². The molecule has 17 heavy (non-hydrogen) atoms. The first-order valence-electron chi connectivity index (χ1n) is 4.93. The van der Waals surface area contributed by atoms with Gasteiger partial charge in [0.05, 0.1) is 22.9 Å². The summed E-state index contributed by atoms with van der Waals surface area (Å²) < 4.78 is 27.9. The molecule has 0 unspecified atom stereocenters. The lowest BCUT2D eigenvalue weighted by molar-refractivity contribution is 0.585. The molecular formula is C11H10ClF2N3. The normalized spacial score (nSPS) is 10.6. The Hall–Kier alpha value is -1.62. The number of benzene rings is 1. The van der Waals surface area contributed by atoms with Crippen molar-refractivity contribution in [3.8, 4) is 0 Å². The first kappa shape index (κ1) is 11.9. The third-order valence-corrected chi connectivity index (χ3v) is 2.52. The molecular weight excluding hydrogens is 248 g/mol. The molecule has 0 bridgehead atoms. The van der Waals surface area contributed by atoms with Gasteiger partial charge in [0, 0.05) is 19.3 Å². The van der Waals surface area contributed by atoms with Crippen LogP contribution >= 0.6 is 11.6 Å². The van der Waals surface area contributed by atoms with Gasteiger partial charge < -0.3 is 5.32 Å². The Balaban J connectivity index is 2.14. The summed E-state index contributed by atoms with van der Waals surface area (Å²) in [7, 11) is 1.79. The van der Waals surface area contributed by atoms with Gasteiger partial charge >= 0.3 is 0 Å². The largest absolute Gasteiger partial charge is 0.376 e. The van der Waals surface area contributed by atoms with Gasteiger partial charge in [-0.2, -0.15) is 5.10 Å². The van der Waals surface area contributed by atoms with Crippen molar-refractivity contribution in [1.29, 1.82) is 0 Å². The molecule has 0 atom stereocenters. The summed E-state index contributed by atoms with van der Waals surface area (Å²) in [6, 6.07) is 3.64. The zero-order chi connectivity index (χ0) is 12.4. The van der Waals surface area contributed by atoms with E-state index >= 15 is 0 Å². The smallest absolute Gasteiger partial charge is 0.150 e. The maximum Gasteiger partial charge on any atom is 0.150 e. The minimum absolute atomic E-state index is 0.0124. The summed E-state index contributed by atoms with van der Waals surface area (Å²) in [5.74, 6) is -1.41. The summed E-state index contributed by atoms with van der Waals surface area (Å²) in [4.78, 5) is 0. The molecule has 1 aromatic carbocycles. The fourth-order valence-electron chi connectivity index (χ4n) is 1.45. The van der Waals surface area contributed by atoms with E-state index in [1.807, 2.05) is 0 Å². The van der Waals surface area contributed by atoms with Crippen LogP contribution in [-0.4, -0.2) is 9.78 Å². The SMILES string of the molecule is Cn1ccc(CNc2c(F)cc(F)cc2Cl)n1. The summed E-state index contributed by atoms with van der Waals surface area (Å²) >= 11 is 5.74. The fourth-order valence-corrected chi connectivity index (χ4v) is 1.71. The predicted molar refractivity (Wildman–Crippen MR) is 61.9 cm³/mol. The number of hydrogen-bond donors (Lipinski definition) is 1. The van der Waals surface area contributed by atoms with Crippen LogP contribution in [0.2, 0.25) is 5.02 Å². The van der Waals surface area contributed by atoms with E-state index in [9.17, 15) is 8.78 Å². The fraction of sp³-hybridized carbons (Fsp3) is 0.182. The number of nitrogens with one attached hydrogen (secondary N) is 1. The van der Waals surface area contributed by atoms with Crippen LogP contribution in [0.25, 0.3) is 0 Å². The highest BCUT2D eigenvalue weighted by Gasteiger charge is 2.09. The van der Waals surface area contributed by atoms with E-state index in [1.165, 1.54) is 0 Å². The molecule has 0 saturated carbocycles. The second-order valence-corrected chi connectivity index (χ2v) is 3.99. The lowest BCUT2D eigenvalue weighted by Crippen LogP contribution is -2.04. The molecule has 0 amide bonds. The molecule has 1 N–H and O–H groups in total. The second kappa shape index (κ2) is 4.71. The zero-order valence-electron chi connectivity index (χ0n) is 9.04. The predicted octanol–water partition coefficient (Wildman–Crippen LogP) is 2.96. The molecule has 2 aromatic rings. The van der Waals surface area contributed by atoms with Gasteiger partial charge in [0.1, 0.15) is 5.82 Å². The first-order chi connectivity index (χ1) is 8.06. The van der Waals surface area contributed by atoms with E-state index < -0.39 is 11.6 Å². The average Bonchev–Trinajstić information content (AvgIpc) is 2.62. The van der Waals surface area contributed by atoms with Crippen molar-refractivity contribution >= 4 is 17.3 Å². The Labute approximate surface area is 102 Å². The van der Waals surface area contributed by atoms with Crippen molar-refractivity contribution in [2.45, 2.75) is 6.54 Å². The molecule has 0 fully saturated rings. The zero-order valence-corrected chi connectivity index (χ0v) is 9.80. The average molecular weight is 258 g/mol. The Morgan fingerprint density at radius 2 is 2.18 bits per heavy atom. The summed E-state index contributed by atoms with van der Waals surface area (Å²) in [6.07, 6.45) is 1.78. The van der Waals surface area contributed by atoms with Crippen LogP contribution in [0.5, 0.6) is 0 Å². The van der Waals surface area contributed by atoms with Gasteiger partial charge in [-0.3, -0.25) is 4.68 Å². The number of hydrogen-bond acceptors (Lipinski definition) is 2. The van der Waals surface area contributed by atoms with Gasteiger partial charge in [-0.25, -0.2) is 8.78 Å². The van der Waals surface area contributed by atoms with Crippen LogP contribution in [0.4, 0.5) is 14.5 Å². The minimum atomic E-state index is -0.717.